The van der Waals surface area contributed by atoms with E-state index in [4.69, 9.17) is 4.42 Å². The summed E-state index contributed by atoms with van der Waals surface area (Å²) in [6, 6.07) is 4.01. The maximum absolute atomic E-state index is 12.6. The average molecular weight is 305 g/mol. The van der Waals surface area contributed by atoms with Crippen LogP contribution in [0.15, 0.2) is 21.9 Å². The summed E-state index contributed by atoms with van der Waals surface area (Å²) in [6.45, 7) is 6.54. The number of hydrogen-bond donors (Lipinski definition) is 0. The molecule has 1 amide bonds. The minimum absolute atomic E-state index is 0.0152. The molecule has 1 saturated heterocycles. The van der Waals surface area contributed by atoms with Crippen LogP contribution in [0.4, 0.5) is 0 Å². The quantitative estimate of drug-likeness (QED) is 0.855. The molecule has 1 atom stereocenters. The average Bonchev–Trinajstić information content (AvgIpc) is 3.06. The molecule has 0 radical (unpaired) electrons. The van der Waals surface area contributed by atoms with Crippen LogP contribution in [0.1, 0.15) is 23.2 Å². The number of furan rings is 1. The monoisotopic (exact) mass is 305 g/mol. The Kier molecular flexibility index (Phi) is 3.82. The van der Waals surface area contributed by atoms with Crippen molar-refractivity contribution in [3.8, 4) is 10.8 Å². The highest BCUT2D eigenvalue weighted by Crippen LogP contribution is 2.26. The zero-order valence-electron chi connectivity index (χ0n) is 12.5. The molecule has 0 bridgehead atoms. The summed E-state index contributed by atoms with van der Waals surface area (Å²) in [7, 11) is 2.08. The van der Waals surface area contributed by atoms with E-state index in [1.807, 2.05) is 29.3 Å². The van der Waals surface area contributed by atoms with Crippen molar-refractivity contribution in [1.29, 1.82) is 0 Å². The van der Waals surface area contributed by atoms with Gasteiger partial charge in [0.2, 0.25) is 0 Å². The van der Waals surface area contributed by atoms with Crippen LogP contribution >= 0.6 is 11.3 Å². The Labute approximate surface area is 128 Å². The van der Waals surface area contributed by atoms with Crippen molar-refractivity contribution in [3.05, 3.63) is 29.0 Å². The molecule has 3 heterocycles. The van der Waals surface area contributed by atoms with E-state index in [1.165, 1.54) is 11.3 Å². The first-order chi connectivity index (χ1) is 10.0. The Morgan fingerprint density at radius 2 is 2.24 bits per heavy atom. The molecular weight excluding hydrogens is 286 g/mol. The Balaban J connectivity index is 1.78. The van der Waals surface area contributed by atoms with Crippen LogP contribution in [-0.2, 0) is 0 Å². The number of carbonyl (C=O) groups is 1. The molecule has 1 aliphatic heterocycles. The summed E-state index contributed by atoms with van der Waals surface area (Å²) in [5.41, 5.74) is 0.514. The van der Waals surface area contributed by atoms with E-state index in [0.717, 1.165) is 36.2 Å². The van der Waals surface area contributed by atoms with E-state index in [-0.39, 0.29) is 11.9 Å². The smallest absolute Gasteiger partial charge is 0.273 e. The molecular formula is C15H19N3O2S. The van der Waals surface area contributed by atoms with Crippen LogP contribution in [-0.4, -0.2) is 53.4 Å². The van der Waals surface area contributed by atoms with Crippen LogP contribution in [0.25, 0.3) is 10.8 Å². The molecule has 2 aromatic rings. The molecule has 0 saturated carbocycles. The van der Waals surface area contributed by atoms with Gasteiger partial charge < -0.3 is 14.2 Å². The highest BCUT2D eigenvalue weighted by Gasteiger charge is 2.28. The second-order valence-electron chi connectivity index (χ2n) is 5.56. The van der Waals surface area contributed by atoms with Gasteiger partial charge in [-0.1, -0.05) is 0 Å². The number of likely N-dealkylation sites (N-methyl/N-ethyl adjacent to an activating group) is 1. The van der Waals surface area contributed by atoms with Crippen LogP contribution in [0, 0.1) is 6.92 Å². The third kappa shape index (κ3) is 2.87. The Bertz CT molecular complexity index is 649. The molecule has 1 aliphatic rings. The molecule has 112 valence electrons. The number of hydrogen-bond acceptors (Lipinski definition) is 5. The molecule has 21 heavy (non-hydrogen) atoms. The molecule has 0 aliphatic carbocycles. The van der Waals surface area contributed by atoms with E-state index >= 15 is 0 Å². The molecule has 1 fully saturated rings. The predicted molar refractivity (Wildman–Crippen MR) is 82.5 cm³/mol. The molecule has 3 rings (SSSR count). The highest BCUT2D eigenvalue weighted by atomic mass is 32.1. The van der Waals surface area contributed by atoms with Crippen molar-refractivity contribution < 1.29 is 9.21 Å². The van der Waals surface area contributed by atoms with E-state index in [0.29, 0.717) is 5.69 Å². The predicted octanol–water partition coefficient (Wildman–Crippen LogP) is 2.49. The van der Waals surface area contributed by atoms with Gasteiger partial charge in [-0.05, 0) is 33.0 Å². The van der Waals surface area contributed by atoms with Gasteiger partial charge in [0.25, 0.3) is 5.91 Å². The SMILES string of the molecule is Cc1ccc(-c2nc(C(=O)N3CCN(C)CC3C)cs2)o1. The summed E-state index contributed by atoms with van der Waals surface area (Å²) in [6.07, 6.45) is 0. The van der Waals surface area contributed by atoms with Crippen molar-refractivity contribution in [1.82, 2.24) is 14.8 Å². The molecule has 1 unspecified atom stereocenters. The van der Waals surface area contributed by atoms with Crippen molar-refractivity contribution >= 4 is 17.2 Å². The Morgan fingerprint density at radius 1 is 1.43 bits per heavy atom. The summed E-state index contributed by atoms with van der Waals surface area (Å²) >= 11 is 1.45. The van der Waals surface area contributed by atoms with E-state index in [1.54, 1.807) is 0 Å². The van der Waals surface area contributed by atoms with Crippen LogP contribution in [0.3, 0.4) is 0 Å². The lowest BCUT2D eigenvalue weighted by Crippen LogP contribution is -2.52. The number of aromatic nitrogens is 1. The van der Waals surface area contributed by atoms with Crippen LogP contribution in [0.2, 0.25) is 0 Å². The summed E-state index contributed by atoms with van der Waals surface area (Å²) in [5, 5.41) is 2.58. The van der Waals surface area contributed by atoms with Gasteiger partial charge in [0.15, 0.2) is 10.8 Å². The third-order valence-electron chi connectivity index (χ3n) is 3.77. The van der Waals surface area contributed by atoms with Gasteiger partial charge in [-0.3, -0.25) is 4.79 Å². The zero-order valence-corrected chi connectivity index (χ0v) is 13.3. The van der Waals surface area contributed by atoms with Gasteiger partial charge in [-0.25, -0.2) is 4.98 Å². The van der Waals surface area contributed by atoms with E-state index in [9.17, 15) is 4.79 Å². The fourth-order valence-electron chi connectivity index (χ4n) is 2.62. The molecule has 0 N–H and O–H groups in total. The molecule has 2 aromatic heterocycles. The maximum atomic E-state index is 12.6. The van der Waals surface area contributed by atoms with Gasteiger partial charge in [0, 0.05) is 31.1 Å². The summed E-state index contributed by atoms with van der Waals surface area (Å²) < 4.78 is 5.56. The number of nitrogens with zero attached hydrogens (tertiary/aromatic N) is 3. The van der Waals surface area contributed by atoms with Crippen LogP contribution in [0.5, 0.6) is 0 Å². The first kappa shape index (κ1) is 14.3. The first-order valence-corrected chi connectivity index (χ1v) is 7.94. The van der Waals surface area contributed by atoms with E-state index in [2.05, 4.69) is 23.9 Å². The van der Waals surface area contributed by atoms with Crippen molar-refractivity contribution in [2.45, 2.75) is 19.9 Å². The Morgan fingerprint density at radius 3 is 2.90 bits per heavy atom. The van der Waals surface area contributed by atoms with Gasteiger partial charge in [-0.15, -0.1) is 11.3 Å². The topological polar surface area (TPSA) is 49.6 Å². The molecule has 0 aromatic carbocycles. The van der Waals surface area contributed by atoms with Gasteiger partial charge in [-0.2, -0.15) is 0 Å². The lowest BCUT2D eigenvalue weighted by atomic mass is 10.2. The lowest BCUT2D eigenvalue weighted by Gasteiger charge is -2.37. The zero-order chi connectivity index (χ0) is 15.0. The lowest BCUT2D eigenvalue weighted by molar-refractivity contribution is 0.0528. The number of amides is 1. The van der Waals surface area contributed by atoms with E-state index < -0.39 is 0 Å². The number of piperazine rings is 1. The summed E-state index contributed by atoms with van der Waals surface area (Å²) in [4.78, 5) is 21.2. The van der Waals surface area contributed by atoms with Gasteiger partial charge >= 0.3 is 0 Å². The fourth-order valence-corrected chi connectivity index (χ4v) is 3.38. The minimum Gasteiger partial charge on any atom is -0.459 e. The summed E-state index contributed by atoms with van der Waals surface area (Å²) in [5.74, 6) is 1.59. The van der Waals surface area contributed by atoms with Gasteiger partial charge in [0.1, 0.15) is 11.5 Å². The molecule has 0 spiro atoms. The van der Waals surface area contributed by atoms with Crippen LogP contribution < -0.4 is 0 Å². The molecule has 6 heteroatoms. The minimum atomic E-state index is 0.0152. The highest BCUT2D eigenvalue weighted by molar-refractivity contribution is 7.13. The maximum Gasteiger partial charge on any atom is 0.273 e. The molecule has 5 nitrogen and oxygen atoms in total. The normalized spacial score (nSPS) is 20.0. The number of aryl methyl sites for hydroxylation is 1. The first-order valence-electron chi connectivity index (χ1n) is 7.06. The number of carbonyl (C=O) groups excluding carboxylic acids is 1. The third-order valence-corrected chi connectivity index (χ3v) is 4.62. The fraction of sp³-hybridized carbons (Fsp3) is 0.467. The largest absolute Gasteiger partial charge is 0.459 e. The van der Waals surface area contributed by atoms with Crippen molar-refractivity contribution in [2.24, 2.45) is 0 Å². The van der Waals surface area contributed by atoms with Crippen molar-refractivity contribution in [3.63, 3.8) is 0 Å². The number of rotatable bonds is 2. The number of thiazole rings is 1. The second kappa shape index (κ2) is 5.61. The van der Waals surface area contributed by atoms with Crippen molar-refractivity contribution in [2.75, 3.05) is 26.7 Å². The standard InChI is InChI=1S/C15H19N3O2S/c1-10-8-17(3)6-7-18(10)15(19)12-9-21-14(16-12)13-5-4-11(2)20-13/h4-5,9-10H,6-8H2,1-3H3. The Hall–Kier alpha value is -1.66. The second-order valence-corrected chi connectivity index (χ2v) is 6.42. The van der Waals surface area contributed by atoms with Gasteiger partial charge in [0.05, 0.1) is 0 Å².